The quantitative estimate of drug-likeness (QED) is 0.399. The highest BCUT2D eigenvalue weighted by Gasteiger charge is 2.19. The molecular formula is C21H21IN3O3S+. The number of hydrogen-bond donors (Lipinski definition) is 2. The third kappa shape index (κ3) is 5.20. The van der Waals surface area contributed by atoms with Crippen molar-refractivity contribution >= 4 is 44.2 Å². The van der Waals surface area contributed by atoms with Crippen molar-refractivity contribution in [3.05, 3.63) is 75.6 Å². The average molecular weight is 522 g/mol. The van der Waals surface area contributed by atoms with E-state index in [0.29, 0.717) is 9.26 Å². The molecule has 29 heavy (non-hydrogen) atoms. The number of hydrogen-bond acceptors (Lipinski definition) is 3. The summed E-state index contributed by atoms with van der Waals surface area (Å²) in [4.78, 5) is 12.6. The highest BCUT2D eigenvalue weighted by Crippen LogP contribution is 2.22. The van der Waals surface area contributed by atoms with Crippen molar-refractivity contribution in [2.24, 2.45) is 5.14 Å². The Morgan fingerprint density at radius 1 is 1.00 bits per heavy atom. The lowest BCUT2D eigenvalue weighted by molar-refractivity contribution is -0.695. The van der Waals surface area contributed by atoms with Crippen molar-refractivity contribution < 1.29 is 17.8 Å². The van der Waals surface area contributed by atoms with Gasteiger partial charge in [-0.2, -0.15) is 4.57 Å². The zero-order valence-corrected chi connectivity index (χ0v) is 19.0. The lowest BCUT2D eigenvalue weighted by Gasteiger charge is -2.10. The molecule has 0 saturated carbocycles. The van der Waals surface area contributed by atoms with Crippen molar-refractivity contribution in [2.75, 3.05) is 5.32 Å². The molecule has 3 rings (SSSR count). The van der Waals surface area contributed by atoms with Gasteiger partial charge in [0.2, 0.25) is 16.6 Å². The molecule has 8 heteroatoms. The minimum Gasteiger partial charge on any atom is -0.320 e. The number of nitrogens with zero attached hydrogens (tertiary/aromatic N) is 1. The fraction of sp³-hybridized carbons (Fsp3) is 0.143. The Hall–Kier alpha value is -2.30. The summed E-state index contributed by atoms with van der Waals surface area (Å²) in [6.07, 6.45) is 0. The second kappa shape index (κ2) is 8.60. The van der Waals surface area contributed by atoms with Crippen LogP contribution in [0.4, 0.5) is 5.69 Å². The van der Waals surface area contributed by atoms with Gasteiger partial charge in [-0.05, 0) is 51.9 Å². The van der Waals surface area contributed by atoms with E-state index >= 15 is 0 Å². The van der Waals surface area contributed by atoms with Crippen LogP contribution < -0.4 is 15.0 Å². The fourth-order valence-electron chi connectivity index (χ4n) is 3.08. The molecule has 0 aliphatic carbocycles. The molecule has 0 aliphatic heterocycles. The molecule has 1 heterocycles. The molecule has 150 valence electrons. The topological polar surface area (TPSA) is 93.1 Å². The molecule has 6 nitrogen and oxygen atoms in total. The van der Waals surface area contributed by atoms with E-state index in [2.05, 4.69) is 29.6 Å². The Labute approximate surface area is 184 Å². The van der Waals surface area contributed by atoms with Gasteiger partial charge in [0.25, 0.3) is 5.91 Å². The lowest BCUT2D eigenvalue weighted by Crippen LogP contribution is -2.45. The second-order valence-electron chi connectivity index (χ2n) is 6.71. The summed E-state index contributed by atoms with van der Waals surface area (Å²) in [6, 6.07) is 18.6. The Bertz CT molecular complexity index is 1160. The third-order valence-electron chi connectivity index (χ3n) is 4.53. The molecule has 0 fully saturated rings. The predicted molar refractivity (Wildman–Crippen MR) is 121 cm³/mol. The van der Waals surface area contributed by atoms with Crippen molar-refractivity contribution in [3.63, 3.8) is 0 Å². The van der Waals surface area contributed by atoms with Crippen molar-refractivity contribution in [3.8, 4) is 11.1 Å². The number of carbonyl (C=O) groups excluding carboxylic acids is 1. The van der Waals surface area contributed by atoms with Crippen LogP contribution in [0.15, 0.2) is 65.6 Å². The van der Waals surface area contributed by atoms with Gasteiger partial charge in [-0.15, -0.1) is 0 Å². The van der Waals surface area contributed by atoms with E-state index in [1.165, 1.54) is 12.1 Å². The average Bonchev–Trinajstić information content (AvgIpc) is 2.66. The zero-order chi connectivity index (χ0) is 21.2. The number of carbonyl (C=O) groups is 1. The Morgan fingerprint density at radius 2 is 1.62 bits per heavy atom. The van der Waals surface area contributed by atoms with Gasteiger partial charge < -0.3 is 5.32 Å². The monoisotopic (exact) mass is 522 g/mol. The molecular weight excluding hydrogens is 501 g/mol. The minimum atomic E-state index is -3.78. The fourth-order valence-corrected chi connectivity index (χ4v) is 4.48. The Balaban J connectivity index is 1.79. The molecule has 0 aliphatic rings. The zero-order valence-electron chi connectivity index (χ0n) is 16.0. The van der Waals surface area contributed by atoms with E-state index in [1.54, 1.807) is 6.07 Å². The van der Waals surface area contributed by atoms with Gasteiger partial charge in [0.15, 0.2) is 11.4 Å². The van der Waals surface area contributed by atoms with Crippen molar-refractivity contribution in [1.29, 1.82) is 0 Å². The maximum Gasteiger partial charge on any atom is 0.290 e. The maximum absolute atomic E-state index is 12.6. The van der Waals surface area contributed by atoms with Crippen LogP contribution in [0.5, 0.6) is 0 Å². The summed E-state index contributed by atoms with van der Waals surface area (Å²) in [7, 11) is -3.78. The number of aromatic nitrogens is 1. The third-order valence-corrected chi connectivity index (χ3v) is 6.34. The number of sulfonamides is 1. The van der Waals surface area contributed by atoms with Crippen molar-refractivity contribution in [1.82, 2.24) is 0 Å². The largest absolute Gasteiger partial charge is 0.320 e. The number of benzene rings is 2. The first-order valence-electron chi connectivity index (χ1n) is 8.84. The molecule has 0 unspecified atom stereocenters. The highest BCUT2D eigenvalue weighted by atomic mass is 127. The number of amides is 1. The molecule has 3 aromatic rings. The first-order chi connectivity index (χ1) is 13.6. The lowest BCUT2D eigenvalue weighted by atomic mass is 10.0. The molecule has 2 aromatic carbocycles. The summed E-state index contributed by atoms with van der Waals surface area (Å²) in [5.74, 6) is -0.199. The van der Waals surface area contributed by atoms with Crippen LogP contribution in [0.25, 0.3) is 11.1 Å². The van der Waals surface area contributed by atoms with Crippen LogP contribution in [-0.2, 0) is 21.4 Å². The van der Waals surface area contributed by atoms with E-state index < -0.39 is 10.0 Å². The summed E-state index contributed by atoms with van der Waals surface area (Å²) in [5.41, 5.74) is 4.71. The molecule has 1 aromatic heterocycles. The summed E-state index contributed by atoms with van der Waals surface area (Å²) < 4.78 is 25.4. The van der Waals surface area contributed by atoms with Crippen molar-refractivity contribution in [2.45, 2.75) is 25.3 Å². The molecule has 1 amide bonds. The first kappa shape index (κ1) is 21.4. The normalized spacial score (nSPS) is 11.3. The van der Waals surface area contributed by atoms with E-state index in [0.717, 1.165) is 22.5 Å². The van der Waals surface area contributed by atoms with Gasteiger partial charge in [0.05, 0.1) is 10.6 Å². The maximum atomic E-state index is 12.6. The standard InChI is InChI=1S/C21H20IN3O3S/c1-14-10-17(16-6-4-3-5-7-16)11-15(2)25(14)13-21(26)24-20-9-8-18(12-19(20)22)29(23,27)28/h3-12H,13H2,1-2H3,(H2-,23,24,26,27,28)/p+1. The van der Waals surface area contributed by atoms with Gasteiger partial charge in [-0.3, -0.25) is 4.79 Å². The number of rotatable bonds is 5. The van der Waals surface area contributed by atoms with Crippen LogP contribution in [0.2, 0.25) is 0 Å². The number of primary sulfonamides is 1. The van der Waals surface area contributed by atoms with E-state index in [9.17, 15) is 13.2 Å². The molecule has 0 radical (unpaired) electrons. The molecule has 3 N–H and O–H groups in total. The number of pyridine rings is 1. The van der Waals surface area contributed by atoms with E-state index in [1.807, 2.05) is 59.2 Å². The minimum absolute atomic E-state index is 0.0115. The Kier molecular flexibility index (Phi) is 6.35. The molecule has 0 spiro atoms. The Morgan fingerprint density at radius 3 is 2.17 bits per heavy atom. The predicted octanol–water partition coefficient (Wildman–Crippen LogP) is 3.15. The molecule has 0 atom stereocenters. The van der Waals surface area contributed by atoms with E-state index in [4.69, 9.17) is 5.14 Å². The second-order valence-corrected chi connectivity index (χ2v) is 9.44. The van der Waals surface area contributed by atoms with E-state index in [-0.39, 0.29) is 17.3 Å². The van der Waals surface area contributed by atoms with Crippen LogP contribution in [0, 0.1) is 17.4 Å². The SMILES string of the molecule is Cc1cc(-c2ccccc2)cc(C)[n+]1CC(=O)Nc1ccc(S(N)(=O)=O)cc1I. The number of aryl methyl sites for hydroxylation is 2. The van der Waals surface area contributed by atoms with Crippen LogP contribution in [0.3, 0.4) is 0 Å². The van der Waals surface area contributed by atoms with Gasteiger partial charge in [0.1, 0.15) is 0 Å². The number of nitrogens with one attached hydrogen (secondary N) is 1. The van der Waals surface area contributed by atoms with Crippen LogP contribution >= 0.6 is 22.6 Å². The van der Waals surface area contributed by atoms with Gasteiger partial charge >= 0.3 is 0 Å². The van der Waals surface area contributed by atoms with Gasteiger partial charge in [-0.1, -0.05) is 30.3 Å². The first-order valence-corrected chi connectivity index (χ1v) is 11.5. The summed E-state index contributed by atoms with van der Waals surface area (Å²) in [6.45, 7) is 4.09. The summed E-state index contributed by atoms with van der Waals surface area (Å²) >= 11 is 1.97. The highest BCUT2D eigenvalue weighted by molar-refractivity contribution is 14.1. The van der Waals surface area contributed by atoms with Gasteiger partial charge in [-0.25, -0.2) is 13.6 Å². The number of anilines is 1. The van der Waals surface area contributed by atoms with Crippen LogP contribution in [-0.4, -0.2) is 14.3 Å². The number of halogens is 1. The van der Waals surface area contributed by atoms with Gasteiger partial charge in [0, 0.05) is 29.6 Å². The van der Waals surface area contributed by atoms with Crippen LogP contribution in [0.1, 0.15) is 11.4 Å². The molecule has 0 bridgehead atoms. The summed E-state index contributed by atoms with van der Waals surface area (Å²) in [5, 5.41) is 7.98. The number of nitrogens with two attached hydrogens (primary N) is 1. The molecule has 0 saturated heterocycles. The smallest absolute Gasteiger partial charge is 0.290 e.